The second kappa shape index (κ2) is 4.94. The summed E-state index contributed by atoms with van der Waals surface area (Å²) >= 11 is 1.45. The van der Waals surface area contributed by atoms with Gasteiger partial charge in [0, 0.05) is 24.5 Å². The Bertz CT molecular complexity index is 644. The summed E-state index contributed by atoms with van der Waals surface area (Å²) in [5.41, 5.74) is 1.83. The molecule has 19 heavy (non-hydrogen) atoms. The highest BCUT2D eigenvalue weighted by molar-refractivity contribution is 7.20. The van der Waals surface area contributed by atoms with Crippen LogP contribution in [0.1, 0.15) is 6.92 Å². The van der Waals surface area contributed by atoms with Crippen LogP contribution in [0.2, 0.25) is 0 Å². The molecule has 0 aliphatic rings. The molecule has 3 rings (SSSR count). The van der Waals surface area contributed by atoms with Crippen LogP contribution in [0.5, 0.6) is 0 Å². The van der Waals surface area contributed by atoms with Crippen LogP contribution in [0.4, 0.5) is 5.13 Å². The first-order valence-corrected chi connectivity index (χ1v) is 6.72. The van der Waals surface area contributed by atoms with Crippen molar-refractivity contribution in [3.63, 3.8) is 0 Å². The van der Waals surface area contributed by atoms with Crippen LogP contribution in [-0.2, 0) is 0 Å². The molecule has 0 saturated heterocycles. The molecule has 3 aromatic heterocycles. The zero-order valence-corrected chi connectivity index (χ0v) is 11.1. The topological polar surface area (TPSA) is 75.3 Å². The van der Waals surface area contributed by atoms with Crippen molar-refractivity contribution in [2.45, 2.75) is 13.0 Å². The van der Waals surface area contributed by atoms with Gasteiger partial charge in [0.2, 0.25) is 10.1 Å². The van der Waals surface area contributed by atoms with Gasteiger partial charge in [-0.15, -0.1) is 5.10 Å². The van der Waals surface area contributed by atoms with Crippen molar-refractivity contribution in [2.24, 2.45) is 0 Å². The van der Waals surface area contributed by atoms with E-state index < -0.39 is 6.10 Å². The maximum atomic E-state index is 9.22. The molecule has 0 fully saturated rings. The Balaban J connectivity index is 1.86. The lowest BCUT2D eigenvalue weighted by molar-refractivity contribution is 0.208. The Morgan fingerprint density at radius 1 is 1.53 bits per heavy atom. The van der Waals surface area contributed by atoms with E-state index in [0.717, 1.165) is 21.3 Å². The van der Waals surface area contributed by atoms with E-state index in [2.05, 4.69) is 20.4 Å². The highest BCUT2D eigenvalue weighted by Gasteiger charge is 2.09. The van der Waals surface area contributed by atoms with E-state index in [1.807, 2.05) is 18.3 Å². The first-order valence-electron chi connectivity index (χ1n) is 5.91. The summed E-state index contributed by atoms with van der Waals surface area (Å²) in [5, 5.41) is 17.4. The van der Waals surface area contributed by atoms with Gasteiger partial charge in [0.1, 0.15) is 0 Å². The fourth-order valence-corrected chi connectivity index (χ4v) is 2.45. The van der Waals surface area contributed by atoms with Crippen molar-refractivity contribution in [3.8, 4) is 11.3 Å². The number of imidazole rings is 1. The molecular weight excluding hydrogens is 262 g/mol. The van der Waals surface area contributed by atoms with E-state index in [-0.39, 0.29) is 0 Å². The number of hydrogen-bond donors (Lipinski definition) is 2. The maximum absolute atomic E-state index is 9.22. The molecule has 3 aromatic rings. The quantitative estimate of drug-likeness (QED) is 0.757. The van der Waals surface area contributed by atoms with Crippen molar-refractivity contribution in [2.75, 3.05) is 11.9 Å². The maximum Gasteiger partial charge on any atom is 0.214 e. The van der Waals surface area contributed by atoms with E-state index in [1.54, 1.807) is 23.8 Å². The van der Waals surface area contributed by atoms with Gasteiger partial charge >= 0.3 is 0 Å². The SMILES string of the molecule is CC(O)CNc1nn2cc(-c3cccnc3)nc2s1. The van der Waals surface area contributed by atoms with Crippen molar-refractivity contribution in [1.82, 2.24) is 19.6 Å². The van der Waals surface area contributed by atoms with Gasteiger partial charge in [-0.05, 0) is 19.1 Å². The van der Waals surface area contributed by atoms with Gasteiger partial charge in [-0.2, -0.15) is 0 Å². The monoisotopic (exact) mass is 275 g/mol. The van der Waals surface area contributed by atoms with Crippen molar-refractivity contribution in [1.29, 1.82) is 0 Å². The molecule has 1 unspecified atom stereocenters. The van der Waals surface area contributed by atoms with Gasteiger partial charge in [-0.3, -0.25) is 4.98 Å². The number of aliphatic hydroxyl groups excluding tert-OH is 1. The largest absolute Gasteiger partial charge is 0.392 e. The number of aromatic nitrogens is 4. The molecule has 0 aliphatic heterocycles. The molecule has 2 N–H and O–H groups in total. The Labute approximate surface area is 113 Å². The molecule has 0 saturated carbocycles. The van der Waals surface area contributed by atoms with Crippen LogP contribution in [0.3, 0.4) is 0 Å². The Morgan fingerprint density at radius 3 is 3.11 bits per heavy atom. The van der Waals surface area contributed by atoms with Crippen LogP contribution >= 0.6 is 11.3 Å². The van der Waals surface area contributed by atoms with Gasteiger partial charge in [-0.25, -0.2) is 9.50 Å². The third kappa shape index (κ3) is 2.56. The molecule has 98 valence electrons. The number of hydrogen-bond acceptors (Lipinski definition) is 6. The third-order valence-corrected chi connectivity index (χ3v) is 3.43. The fourth-order valence-electron chi connectivity index (χ4n) is 1.66. The van der Waals surface area contributed by atoms with Crippen molar-refractivity contribution in [3.05, 3.63) is 30.7 Å². The number of pyridine rings is 1. The standard InChI is InChI=1S/C12H13N5OS/c1-8(18)5-14-11-16-17-7-10(15-12(17)19-11)9-3-2-4-13-6-9/h2-4,6-8,18H,5H2,1H3,(H,14,16). The lowest BCUT2D eigenvalue weighted by atomic mass is 10.2. The third-order valence-electron chi connectivity index (χ3n) is 2.55. The molecular formula is C12H13N5OS. The van der Waals surface area contributed by atoms with Gasteiger partial charge in [0.15, 0.2) is 0 Å². The van der Waals surface area contributed by atoms with Gasteiger partial charge < -0.3 is 10.4 Å². The molecule has 0 aliphatic carbocycles. The lowest BCUT2D eigenvalue weighted by Crippen LogP contribution is -2.15. The van der Waals surface area contributed by atoms with Crippen LogP contribution in [0, 0.1) is 0 Å². The van der Waals surface area contributed by atoms with Gasteiger partial charge in [0.25, 0.3) is 0 Å². The van der Waals surface area contributed by atoms with Crippen molar-refractivity contribution >= 4 is 21.4 Å². The summed E-state index contributed by atoms with van der Waals surface area (Å²) in [5.74, 6) is 0. The summed E-state index contributed by atoms with van der Waals surface area (Å²) in [6.07, 6.45) is 4.98. The summed E-state index contributed by atoms with van der Waals surface area (Å²) in [6, 6.07) is 3.85. The van der Waals surface area contributed by atoms with Crippen LogP contribution in [-0.4, -0.2) is 37.3 Å². The average Bonchev–Trinajstić information content (AvgIpc) is 2.95. The Kier molecular flexibility index (Phi) is 3.14. The number of fused-ring (bicyclic) bond motifs is 1. The van der Waals surface area contributed by atoms with E-state index in [1.165, 1.54) is 11.3 Å². The van der Waals surface area contributed by atoms with Crippen LogP contribution in [0.25, 0.3) is 16.2 Å². The van der Waals surface area contributed by atoms with Crippen LogP contribution < -0.4 is 5.32 Å². The smallest absolute Gasteiger partial charge is 0.214 e. The summed E-state index contributed by atoms with van der Waals surface area (Å²) in [6.45, 7) is 2.21. The lowest BCUT2D eigenvalue weighted by Gasteiger charge is -2.03. The first kappa shape index (κ1) is 12.1. The molecule has 0 aromatic carbocycles. The predicted octanol–water partition coefficient (Wildman–Crippen LogP) is 1.65. The number of rotatable bonds is 4. The molecule has 3 heterocycles. The minimum atomic E-state index is -0.401. The summed E-state index contributed by atoms with van der Waals surface area (Å²) < 4.78 is 1.73. The second-order valence-corrected chi connectivity index (χ2v) is 5.19. The highest BCUT2D eigenvalue weighted by atomic mass is 32.1. The highest BCUT2D eigenvalue weighted by Crippen LogP contribution is 2.23. The number of nitrogens with zero attached hydrogens (tertiary/aromatic N) is 4. The Hall–Kier alpha value is -1.99. The minimum Gasteiger partial charge on any atom is -0.392 e. The summed E-state index contributed by atoms with van der Waals surface area (Å²) in [7, 11) is 0. The summed E-state index contributed by atoms with van der Waals surface area (Å²) in [4.78, 5) is 9.39. The van der Waals surface area contributed by atoms with Crippen LogP contribution in [0.15, 0.2) is 30.7 Å². The molecule has 0 spiro atoms. The fraction of sp³-hybridized carbons (Fsp3) is 0.250. The zero-order valence-electron chi connectivity index (χ0n) is 10.3. The number of aliphatic hydroxyl groups is 1. The number of nitrogens with one attached hydrogen (secondary N) is 1. The molecule has 6 nitrogen and oxygen atoms in total. The van der Waals surface area contributed by atoms with E-state index in [9.17, 15) is 5.11 Å². The normalized spacial score (nSPS) is 12.7. The van der Waals surface area contributed by atoms with Crippen molar-refractivity contribution < 1.29 is 5.11 Å². The Morgan fingerprint density at radius 2 is 2.42 bits per heavy atom. The molecule has 0 amide bonds. The molecule has 7 heteroatoms. The zero-order chi connectivity index (χ0) is 13.2. The van der Waals surface area contributed by atoms with Gasteiger partial charge in [-0.1, -0.05) is 11.3 Å². The van der Waals surface area contributed by atoms with Gasteiger partial charge in [0.05, 0.1) is 18.0 Å². The molecule has 0 radical (unpaired) electrons. The van der Waals surface area contributed by atoms with E-state index in [4.69, 9.17) is 0 Å². The minimum absolute atomic E-state index is 0.401. The molecule has 1 atom stereocenters. The average molecular weight is 275 g/mol. The first-order chi connectivity index (χ1) is 9.22. The predicted molar refractivity (Wildman–Crippen MR) is 74.3 cm³/mol. The number of anilines is 1. The second-order valence-electron chi connectivity index (χ2n) is 4.23. The van der Waals surface area contributed by atoms with E-state index >= 15 is 0 Å². The molecule has 0 bridgehead atoms. The van der Waals surface area contributed by atoms with E-state index in [0.29, 0.717) is 6.54 Å².